The van der Waals surface area contributed by atoms with Gasteiger partial charge in [-0.15, -0.1) is 0 Å². The Bertz CT molecular complexity index is 1020. The van der Waals surface area contributed by atoms with E-state index in [9.17, 15) is 14.4 Å². The summed E-state index contributed by atoms with van der Waals surface area (Å²) in [5.74, 6) is -0.436. The van der Waals surface area contributed by atoms with Crippen LogP contribution in [-0.2, 0) is 20.7 Å². The Morgan fingerprint density at radius 3 is 2.59 bits per heavy atom. The minimum Gasteiger partial charge on any atom is -0.467 e. The largest absolute Gasteiger partial charge is 0.467 e. The fraction of sp³-hybridized carbons (Fsp3) is 0.381. The third-order valence-corrected chi connectivity index (χ3v) is 4.77. The summed E-state index contributed by atoms with van der Waals surface area (Å²) < 4.78 is 11.6. The highest BCUT2D eigenvalue weighted by atomic mass is 35.5. The number of pyridine rings is 1. The molecule has 0 saturated heterocycles. The van der Waals surface area contributed by atoms with Crippen LogP contribution in [0.4, 0.5) is 10.5 Å². The van der Waals surface area contributed by atoms with Crippen LogP contribution in [0.5, 0.6) is 0 Å². The molecule has 8 heteroatoms. The van der Waals surface area contributed by atoms with Gasteiger partial charge in [-0.2, -0.15) is 0 Å². The predicted molar refractivity (Wildman–Crippen MR) is 110 cm³/mol. The van der Waals surface area contributed by atoms with Crippen molar-refractivity contribution < 1.29 is 19.1 Å². The number of nitrogens with one attached hydrogen (secondary N) is 1. The summed E-state index contributed by atoms with van der Waals surface area (Å²) >= 11 is 6.16. The van der Waals surface area contributed by atoms with Gasteiger partial charge in [0.15, 0.2) is 0 Å². The lowest BCUT2D eigenvalue weighted by Gasteiger charge is -2.21. The molecule has 7 nitrogen and oxygen atoms in total. The summed E-state index contributed by atoms with van der Waals surface area (Å²) in [6.07, 6.45) is 0.465. The number of carbonyl (C=O) groups excluding carboxylic acids is 2. The van der Waals surface area contributed by atoms with E-state index in [4.69, 9.17) is 21.1 Å². The van der Waals surface area contributed by atoms with E-state index in [1.165, 1.54) is 17.7 Å². The van der Waals surface area contributed by atoms with E-state index < -0.39 is 23.7 Å². The molecule has 29 heavy (non-hydrogen) atoms. The van der Waals surface area contributed by atoms with E-state index in [-0.39, 0.29) is 5.56 Å². The number of hydrogen-bond acceptors (Lipinski definition) is 5. The third-order valence-electron chi connectivity index (χ3n) is 4.54. The minimum atomic E-state index is -0.647. The second-order valence-electron chi connectivity index (χ2n) is 7.84. The number of fused-ring (bicyclic) bond motifs is 1. The molecule has 0 aliphatic carbocycles. The molecule has 2 heterocycles. The van der Waals surface area contributed by atoms with Crippen molar-refractivity contribution in [3.63, 3.8) is 0 Å². The number of hydrogen-bond donors (Lipinski definition) is 1. The quantitative estimate of drug-likeness (QED) is 0.755. The van der Waals surface area contributed by atoms with Gasteiger partial charge in [0.2, 0.25) is 0 Å². The molecular formula is C21H23ClN2O5. The van der Waals surface area contributed by atoms with Gasteiger partial charge in [0.25, 0.3) is 5.56 Å². The molecule has 154 valence electrons. The molecule has 1 atom stereocenters. The molecule has 3 rings (SSSR count). The van der Waals surface area contributed by atoms with Crippen LogP contribution < -0.4 is 10.9 Å². The van der Waals surface area contributed by atoms with E-state index in [0.29, 0.717) is 34.7 Å². The SMILES string of the molecule is COC(=O)C1CCc2cc(-c3cc(Cl)ccc3NC(=O)OC(C)(C)C)cc(=O)n21. The van der Waals surface area contributed by atoms with Crippen molar-refractivity contribution in [2.75, 3.05) is 12.4 Å². The van der Waals surface area contributed by atoms with Crippen LogP contribution in [-0.4, -0.2) is 29.3 Å². The van der Waals surface area contributed by atoms with Crippen molar-refractivity contribution in [2.24, 2.45) is 0 Å². The van der Waals surface area contributed by atoms with Crippen molar-refractivity contribution in [1.29, 1.82) is 0 Å². The molecule has 0 bridgehead atoms. The molecule has 2 aromatic rings. The standard InChI is InChI=1S/C21H23ClN2O5/c1-21(2,3)29-20(27)23-16-7-5-13(22)11-15(16)12-9-14-6-8-17(19(26)28-4)24(14)18(25)10-12/h5,7,9-11,17H,6,8H2,1-4H3,(H,23,27). The van der Waals surface area contributed by atoms with Gasteiger partial charge in [-0.25, -0.2) is 9.59 Å². The molecule has 1 N–H and O–H groups in total. The van der Waals surface area contributed by atoms with Crippen LogP contribution in [0.3, 0.4) is 0 Å². The number of benzene rings is 1. The maximum absolute atomic E-state index is 12.8. The lowest BCUT2D eigenvalue weighted by molar-refractivity contribution is -0.144. The molecule has 1 unspecified atom stereocenters. The normalized spacial score (nSPS) is 15.6. The lowest BCUT2D eigenvalue weighted by atomic mass is 10.0. The number of aryl methyl sites for hydroxylation is 1. The van der Waals surface area contributed by atoms with E-state index in [0.717, 1.165) is 5.69 Å². The fourth-order valence-electron chi connectivity index (χ4n) is 3.39. The zero-order valence-electron chi connectivity index (χ0n) is 16.7. The summed E-state index contributed by atoms with van der Waals surface area (Å²) in [5.41, 5.74) is 1.42. The highest BCUT2D eigenvalue weighted by Gasteiger charge is 2.30. The Labute approximate surface area is 173 Å². The van der Waals surface area contributed by atoms with Crippen molar-refractivity contribution in [3.05, 3.63) is 51.4 Å². The number of esters is 1. The van der Waals surface area contributed by atoms with Gasteiger partial charge in [-0.05, 0) is 63.4 Å². The Kier molecular flexibility index (Phi) is 5.71. The number of rotatable bonds is 3. The number of amides is 1. The highest BCUT2D eigenvalue weighted by molar-refractivity contribution is 6.31. The van der Waals surface area contributed by atoms with Crippen molar-refractivity contribution in [3.8, 4) is 11.1 Å². The summed E-state index contributed by atoms with van der Waals surface area (Å²) in [6, 6.07) is 7.62. The predicted octanol–water partition coefficient (Wildman–Crippen LogP) is 4.18. The van der Waals surface area contributed by atoms with Gasteiger partial charge in [0, 0.05) is 22.3 Å². The molecule has 0 radical (unpaired) electrons. The number of halogens is 1. The van der Waals surface area contributed by atoms with Gasteiger partial charge in [0.05, 0.1) is 12.8 Å². The average Bonchev–Trinajstić information content (AvgIpc) is 3.05. The number of methoxy groups -OCH3 is 1. The van der Waals surface area contributed by atoms with Gasteiger partial charge >= 0.3 is 12.1 Å². The molecule has 1 aromatic heterocycles. The minimum absolute atomic E-state index is 0.311. The first-order chi connectivity index (χ1) is 13.6. The molecular weight excluding hydrogens is 396 g/mol. The Morgan fingerprint density at radius 2 is 1.93 bits per heavy atom. The van der Waals surface area contributed by atoms with Crippen LogP contribution in [0.1, 0.15) is 38.9 Å². The van der Waals surface area contributed by atoms with Crippen LogP contribution in [0, 0.1) is 0 Å². The second kappa shape index (κ2) is 7.91. The average molecular weight is 419 g/mol. The van der Waals surface area contributed by atoms with Gasteiger partial charge in [-0.3, -0.25) is 14.7 Å². The zero-order valence-corrected chi connectivity index (χ0v) is 17.5. The number of anilines is 1. The van der Waals surface area contributed by atoms with Crippen LogP contribution >= 0.6 is 11.6 Å². The van der Waals surface area contributed by atoms with Crippen LogP contribution in [0.25, 0.3) is 11.1 Å². The van der Waals surface area contributed by atoms with E-state index in [1.54, 1.807) is 39.0 Å². The van der Waals surface area contributed by atoms with E-state index in [1.807, 2.05) is 6.07 Å². The number of nitrogens with zero attached hydrogens (tertiary/aromatic N) is 1. The smallest absolute Gasteiger partial charge is 0.412 e. The summed E-state index contributed by atoms with van der Waals surface area (Å²) in [4.78, 5) is 36.9. The Balaban J connectivity index is 2.01. The third kappa shape index (κ3) is 4.62. The number of aromatic nitrogens is 1. The van der Waals surface area contributed by atoms with Crippen molar-refractivity contribution in [2.45, 2.75) is 45.3 Å². The molecule has 1 aliphatic rings. The lowest BCUT2D eigenvalue weighted by Crippen LogP contribution is -2.28. The van der Waals surface area contributed by atoms with Crippen molar-refractivity contribution in [1.82, 2.24) is 4.57 Å². The first-order valence-corrected chi connectivity index (χ1v) is 9.60. The monoisotopic (exact) mass is 418 g/mol. The second-order valence-corrected chi connectivity index (χ2v) is 8.27. The fourth-order valence-corrected chi connectivity index (χ4v) is 3.56. The molecule has 1 amide bonds. The maximum Gasteiger partial charge on any atom is 0.412 e. The van der Waals surface area contributed by atoms with Gasteiger partial charge in [-0.1, -0.05) is 11.6 Å². The van der Waals surface area contributed by atoms with E-state index in [2.05, 4.69) is 5.32 Å². The van der Waals surface area contributed by atoms with Crippen molar-refractivity contribution >= 4 is 29.4 Å². The molecule has 0 fully saturated rings. The maximum atomic E-state index is 12.8. The first-order valence-electron chi connectivity index (χ1n) is 9.22. The highest BCUT2D eigenvalue weighted by Crippen LogP contribution is 2.33. The Hall–Kier alpha value is -2.80. The Morgan fingerprint density at radius 1 is 1.21 bits per heavy atom. The summed E-state index contributed by atoms with van der Waals surface area (Å²) in [6.45, 7) is 5.32. The molecule has 1 aromatic carbocycles. The van der Waals surface area contributed by atoms with Crippen LogP contribution in [0.15, 0.2) is 35.1 Å². The molecule has 1 aliphatic heterocycles. The summed E-state index contributed by atoms with van der Waals surface area (Å²) in [7, 11) is 1.31. The van der Waals surface area contributed by atoms with Gasteiger partial charge < -0.3 is 9.47 Å². The molecule has 0 saturated carbocycles. The van der Waals surface area contributed by atoms with Crippen LogP contribution in [0.2, 0.25) is 5.02 Å². The van der Waals surface area contributed by atoms with Gasteiger partial charge in [0.1, 0.15) is 11.6 Å². The topological polar surface area (TPSA) is 86.6 Å². The zero-order chi connectivity index (χ0) is 21.3. The number of ether oxygens (including phenoxy) is 2. The van der Waals surface area contributed by atoms with E-state index >= 15 is 0 Å². The first kappa shape index (κ1) is 20.9. The summed E-state index contributed by atoms with van der Waals surface area (Å²) in [5, 5.41) is 3.17. The number of carbonyl (C=O) groups is 2. The molecule has 0 spiro atoms.